The van der Waals surface area contributed by atoms with Crippen molar-refractivity contribution in [3.05, 3.63) is 11.7 Å². The molecule has 1 heterocycles. The van der Waals surface area contributed by atoms with Crippen molar-refractivity contribution in [2.45, 2.75) is 25.4 Å². The van der Waals surface area contributed by atoms with Crippen LogP contribution < -0.4 is 11.1 Å². The van der Waals surface area contributed by atoms with E-state index in [1.165, 1.54) is 7.11 Å². The molecule has 3 N–H and O–H groups in total. The molecule has 1 rings (SSSR count). The minimum Gasteiger partial charge on any atom is -0.494 e. The molecule has 3 nitrogen and oxygen atoms in total. The third kappa shape index (κ3) is 0.976. The minimum atomic E-state index is -0.529. The number of rotatable bonds is 2. The summed E-state index contributed by atoms with van der Waals surface area (Å²) in [6.07, 6.45) is 0. The van der Waals surface area contributed by atoms with Gasteiger partial charge < -0.3 is 15.8 Å². The van der Waals surface area contributed by atoms with Crippen LogP contribution >= 0.6 is 0 Å². The van der Waals surface area contributed by atoms with Crippen molar-refractivity contribution in [3.8, 4) is 0 Å². The average molecular weight is 160 g/mol. The SMILES string of the molecule is COC1=C(F)N[C@@]1(C)C(C)N. The lowest BCUT2D eigenvalue weighted by Gasteiger charge is -2.42. The van der Waals surface area contributed by atoms with Crippen molar-refractivity contribution in [3.63, 3.8) is 0 Å². The number of nitrogens with two attached hydrogens (primary N) is 1. The number of halogens is 1. The molecular weight excluding hydrogens is 147 g/mol. The minimum absolute atomic E-state index is 0.169. The van der Waals surface area contributed by atoms with Crippen LogP contribution in [-0.4, -0.2) is 18.7 Å². The summed E-state index contributed by atoms with van der Waals surface area (Å²) in [5, 5.41) is 2.58. The second-order valence-corrected chi connectivity index (χ2v) is 2.96. The Morgan fingerprint density at radius 2 is 2.27 bits per heavy atom. The third-order valence-electron chi connectivity index (χ3n) is 2.16. The highest BCUT2D eigenvalue weighted by atomic mass is 19.1. The van der Waals surface area contributed by atoms with Gasteiger partial charge in [-0.05, 0) is 13.8 Å². The molecule has 1 aliphatic rings. The monoisotopic (exact) mass is 160 g/mol. The van der Waals surface area contributed by atoms with Gasteiger partial charge in [0.2, 0.25) is 5.95 Å². The molecule has 0 fully saturated rings. The van der Waals surface area contributed by atoms with E-state index in [4.69, 9.17) is 10.5 Å². The Bertz CT molecular complexity index is 203. The second-order valence-electron chi connectivity index (χ2n) is 2.96. The lowest BCUT2D eigenvalue weighted by Crippen LogP contribution is -2.62. The highest BCUT2D eigenvalue weighted by Crippen LogP contribution is 2.32. The maximum absolute atomic E-state index is 12.6. The van der Waals surface area contributed by atoms with Gasteiger partial charge in [-0.25, -0.2) is 0 Å². The number of nitrogens with one attached hydrogen (secondary N) is 1. The largest absolute Gasteiger partial charge is 0.494 e. The molecule has 1 unspecified atom stereocenters. The topological polar surface area (TPSA) is 47.3 Å². The molecule has 0 radical (unpaired) electrons. The first-order chi connectivity index (χ1) is 5.02. The molecule has 0 spiro atoms. The molecule has 0 aromatic carbocycles. The van der Waals surface area contributed by atoms with Gasteiger partial charge in [0.05, 0.1) is 7.11 Å². The molecule has 0 bridgehead atoms. The molecule has 1 aliphatic heterocycles. The van der Waals surface area contributed by atoms with Crippen LogP contribution in [-0.2, 0) is 4.74 Å². The van der Waals surface area contributed by atoms with Crippen LogP contribution in [0.4, 0.5) is 4.39 Å². The maximum atomic E-state index is 12.6. The van der Waals surface area contributed by atoms with Gasteiger partial charge in [0, 0.05) is 6.04 Å². The zero-order valence-electron chi connectivity index (χ0n) is 6.94. The molecule has 0 amide bonds. The van der Waals surface area contributed by atoms with Crippen LogP contribution in [0.15, 0.2) is 11.7 Å². The summed E-state index contributed by atoms with van der Waals surface area (Å²) in [4.78, 5) is 0. The Balaban J connectivity index is 2.82. The van der Waals surface area contributed by atoms with Gasteiger partial charge in [0.1, 0.15) is 5.54 Å². The van der Waals surface area contributed by atoms with E-state index in [1.54, 1.807) is 13.8 Å². The summed E-state index contributed by atoms with van der Waals surface area (Å²) in [7, 11) is 1.44. The Kier molecular flexibility index (Phi) is 1.80. The van der Waals surface area contributed by atoms with Crippen molar-refractivity contribution < 1.29 is 9.13 Å². The first-order valence-corrected chi connectivity index (χ1v) is 3.50. The first-order valence-electron chi connectivity index (χ1n) is 3.50. The summed E-state index contributed by atoms with van der Waals surface area (Å²) in [5.74, 6) is -0.0974. The van der Waals surface area contributed by atoms with Crippen LogP contribution in [0.5, 0.6) is 0 Å². The normalized spacial score (nSPS) is 32.5. The molecule has 4 heteroatoms. The summed E-state index contributed by atoms with van der Waals surface area (Å²) < 4.78 is 17.5. The van der Waals surface area contributed by atoms with Crippen LogP contribution in [0.3, 0.4) is 0 Å². The number of methoxy groups -OCH3 is 1. The Labute approximate surface area is 65.4 Å². The second kappa shape index (κ2) is 2.37. The smallest absolute Gasteiger partial charge is 0.228 e. The van der Waals surface area contributed by atoms with E-state index in [0.717, 1.165) is 0 Å². The molecule has 0 aromatic rings. The standard InChI is InChI=1S/C7H13FN2O/c1-4(9)7(2)5(11-3)6(8)10-7/h4,10H,9H2,1-3H3/t4?,7-/m0/s1. The molecule has 0 aromatic heterocycles. The van der Waals surface area contributed by atoms with Gasteiger partial charge in [-0.1, -0.05) is 0 Å². The zero-order chi connectivity index (χ0) is 8.65. The zero-order valence-corrected chi connectivity index (χ0v) is 6.94. The molecule has 0 aliphatic carbocycles. The average Bonchev–Trinajstić information content (AvgIpc) is 1.87. The molecule has 2 atom stereocenters. The van der Waals surface area contributed by atoms with Gasteiger partial charge in [-0.3, -0.25) is 0 Å². The Morgan fingerprint density at radius 3 is 2.45 bits per heavy atom. The summed E-state index contributed by atoms with van der Waals surface area (Å²) in [5.41, 5.74) is 5.09. The summed E-state index contributed by atoms with van der Waals surface area (Å²) in [6.45, 7) is 3.61. The van der Waals surface area contributed by atoms with Crippen LogP contribution in [0.1, 0.15) is 13.8 Å². The van der Waals surface area contributed by atoms with Crippen LogP contribution in [0.25, 0.3) is 0 Å². The molecule has 11 heavy (non-hydrogen) atoms. The highest BCUT2D eigenvalue weighted by Gasteiger charge is 2.46. The van der Waals surface area contributed by atoms with Crippen molar-refractivity contribution in [1.29, 1.82) is 0 Å². The van der Waals surface area contributed by atoms with Gasteiger partial charge >= 0.3 is 0 Å². The molecular formula is C7H13FN2O. The van der Waals surface area contributed by atoms with Crippen molar-refractivity contribution in [1.82, 2.24) is 5.32 Å². The highest BCUT2D eigenvalue weighted by molar-refractivity contribution is 5.30. The van der Waals surface area contributed by atoms with E-state index in [0.29, 0.717) is 5.76 Å². The molecule has 0 saturated carbocycles. The summed E-state index contributed by atoms with van der Waals surface area (Å²) >= 11 is 0. The maximum Gasteiger partial charge on any atom is 0.228 e. The van der Waals surface area contributed by atoms with Crippen LogP contribution in [0.2, 0.25) is 0 Å². The van der Waals surface area contributed by atoms with Crippen molar-refractivity contribution >= 4 is 0 Å². The van der Waals surface area contributed by atoms with Gasteiger partial charge in [-0.15, -0.1) is 0 Å². The van der Waals surface area contributed by atoms with E-state index in [2.05, 4.69) is 5.32 Å². The fourth-order valence-electron chi connectivity index (χ4n) is 1.13. The molecule has 64 valence electrons. The lowest BCUT2D eigenvalue weighted by atomic mass is 9.87. The number of ether oxygens (including phenoxy) is 1. The van der Waals surface area contributed by atoms with E-state index in [-0.39, 0.29) is 6.04 Å². The predicted molar refractivity (Wildman–Crippen MR) is 40.3 cm³/mol. The Hall–Kier alpha value is -0.770. The van der Waals surface area contributed by atoms with Gasteiger partial charge in [-0.2, -0.15) is 4.39 Å². The van der Waals surface area contributed by atoms with Gasteiger partial charge in [0.25, 0.3) is 0 Å². The number of hydrogen-bond acceptors (Lipinski definition) is 3. The fraction of sp³-hybridized carbons (Fsp3) is 0.714. The van der Waals surface area contributed by atoms with Crippen LogP contribution in [0, 0.1) is 0 Å². The van der Waals surface area contributed by atoms with E-state index < -0.39 is 11.5 Å². The summed E-state index contributed by atoms with van der Waals surface area (Å²) in [6, 6.07) is -0.169. The van der Waals surface area contributed by atoms with Gasteiger partial charge in [0.15, 0.2) is 5.76 Å². The Morgan fingerprint density at radius 1 is 1.73 bits per heavy atom. The lowest BCUT2D eigenvalue weighted by molar-refractivity contribution is 0.124. The van der Waals surface area contributed by atoms with Crippen molar-refractivity contribution in [2.75, 3.05) is 7.11 Å². The fourth-order valence-corrected chi connectivity index (χ4v) is 1.13. The van der Waals surface area contributed by atoms with Crippen molar-refractivity contribution in [2.24, 2.45) is 5.73 Å². The van der Waals surface area contributed by atoms with E-state index >= 15 is 0 Å². The molecule has 0 saturated heterocycles. The number of hydrogen-bond donors (Lipinski definition) is 2. The van der Waals surface area contributed by atoms with E-state index in [9.17, 15) is 4.39 Å². The first kappa shape index (κ1) is 8.33. The third-order valence-corrected chi connectivity index (χ3v) is 2.16. The quantitative estimate of drug-likeness (QED) is 0.577. The predicted octanol–water partition coefficient (Wildman–Crippen LogP) is 0.481. The van der Waals surface area contributed by atoms with E-state index in [1.807, 2.05) is 0 Å².